The van der Waals surface area contributed by atoms with Gasteiger partial charge in [0.15, 0.2) is 0 Å². The Balaban J connectivity index is 2.28. The highest BCUT2D eigenvalue weighted by atomic mass is 35.5. The largest absolute Gasteiger partial charge is 0.354 e. The normalized spacial score (nSPS) is 18.8. The summed E-state index contributed by atoms with van der Waals surface area (Å²) in [5, 5.41) is 9.31. The van der Waals surface area contributed by atoms with Crippen molar-refractivity contribution in [2.45, 2.75) is 18.6 Å². The molecule has 0 saturated carbocycles. The standard InChI is InChI=1S/C12H14ClN3S/c1-12(2)8-16(3-4-17-12)11-6-9(7-14)5-10(13)15-11/h5-6H,3-4,8H2,1-2H3. The van der Waals surface area contributed by atoms with E-state index in [9.17, 15) is 0 Å². The minimum Gasteiger partial charge on any atom is -0.354 e. The predicted octanol–water partition coefficient (Wildman–Crippen LogP) is 2.94. The van der Waals surface area contributed by atoms with E-state index >= 15 is 0 Å². The van der Waals surface area contributed by atoms with Crippen LogP contribution in [0.2, 0.25) is 5.15 Å². The first kappa shape index (κ1) is 12.5. The molecule has 1 aliphatic rings. The van der Waals surface area contributed by atoms with Crippen molar-refractivity contribution >= 4 is 29.2 Å². The van der Waals surface area contributed by atoms with Crippen LogP contribution in [0.5, 0.6) is 0 Å². The molecule has 0 N–H and O–H groups in total. The molecule has 1 fully saturated rings. The van der Waals surface area contributed by atoms with Crippen LogP contribution in [0.4, 0.5) is 5.82 Å². The van der Waals surface area contributed by atoms with Gasteiger partial charge in [-0.25, -0.2) is 4.98 Å². The smallest absolute Gasteiger partial charge is 0.132 e. The summed E-state index contributed by atoms with van der Waals surface area (Å²) < 4.78 is 0.217. The summed E-state index contributed by atoms with van der Waals surface area (Å²) >= 11 is 7.89. The second-order valence-electron chi connectivity index (χ2n) is 4.68. The van der Waals surface area contributed by atoms with Crippen molar-refractivity contribution in [3.63, 3.8) is 0 Å². The molecule has 2 heterocycles. The first-order valence-electron chi connectivity index (χ1n) is 5.47. The van der Waals surface area contributed by atoms with E-state index < -0.39 is 0 Å². The van der Waals surface area contributed by atoms with Crippen molar-refractivity contribution in [2.24, 2.45) is 0 Å². The zero-order valence-electron chi connectivity index (χ0n) is 9.90. The molecule has 1 aliphatic heterocycles. The first-order valence-corrected chi connectivity index (χ1v) is 6.83. The van der Waals surface area contributed by atoms with Crippen molar-refractivity contribution < 1.29 is 0 Å². The van der Waals surface area contributed by atoms with Crippen LogP contribution >= 0.6 is 23.4 Å². The number of hydrogen-bond donors (Lipinski definition) is 0. The summed E-state index contributed by atoms with van der Waals surface area (Å²) in [5.41, 5.74) is 0.566. The minimum absolute atomic E-state index is 0.217. The highest BCUT2D eigenvalue weighted by molar-refractivity contribution is 8.00. The van der Waals surface area contributed by atoms with Crippen LogP contribution in [-0.2, 0) is 0 Å². The Kier molecular flexibility index (Phi) is 3.50. The van der Waals surface area contributed by atoms with Gasteiger partial charge in [-0.05, 0) is 26.0 Å². The number of pyridine rings is 1. The van der Waals surface area contributed by atoms with E-state index in [2.05, 4.69) is 29.8 Å². The fraction of sp³-hybridized carbons (Fsp3) is 0.500. The number of nitriles is 1. The van der Waals surface area contributed by atoms with E-state index in [1.54, 1.807) is 12.1 Å². The molecule has 0 amide bonds. The highest BCUT2D eigenvalue weighted by Crippen LogP contribution is 2.32. The third-order valence-electron chi connectivity index (χ3n) is 2.66. The van der Waals surface area contributed by atoms with Crippen molar-refractivity contribution in [2.75, 3.05) is 23.7 Å². The van der Waals surface area contributed by atoms with Gasteiger partial charge in [-0.3, -0.25) is 0 Å². The zero-order chi connectivity index (χ0) is 12.5. The molecule has 1 saturated heterocycles. The van der Waals surface area contributed by atoms with Gasteiger partial charge in [0.25, 0.3) is 0 Å². The molecule has 3 nitrogen and oxygen atoms in total. The topological polar surface area (TPSA) is 39.9 Å². The van der Waals surface area contributed by atoms with Gasteiger partial charge in [0.2, 0.25) is 0 Å². The van der Waals surface area contributed by atoms with E-state index in [0.29, 0.717) is 10.7 Å². The lowest BCUT2D eigenvalue weighted by atomic mass is 10.2. The van der Waals surface area contributed by atoms with Crippen LogP contribution in [0.25, 0.3) is 0 Å². The van der Waals surface area contributed by atoms with Gasteiger partial charge >= 0.3 is 0 Å². The maximum absolute atomic E-state index is 8.93. The average molecular weight is 268 g/mol. The monoisotopic (exact) mass is 267 g/mol. The molecule has 0 radical (unpaired) electrons. The van der Waals surface area contributed by atoms with Crippen molar-refractivity contribution in [3.8, 4) is 6.07 Å². The molecule has 0 unspecified atom stereocenters. The molecule has 0 aromatic carbocycles. The lowest BCUT2D eigenvalue weighted by Gasteiger charge is -2.38. The molecule has 5 heteroatoms. The maximum Gasteiger partial charge on any atom is 0.132 e. The van der Waals surface area contributed by atoms with Crippen LogP contribution in [0.15, 0.2) is 12.1 Å². The highest BCUT2D eigenvalue weighted by Gasteiger charge is 2.27. The number of aromatic nitrogens is 1. The Morgan fingerprint density at radius 3 is 2.94 bits per heavy atom. The number of thioether (sulfide) groups is 1. The summed E-state index contributed by atoms with van der Waals surface area (Å²) in [6.07, 6.45) is 0. The van der Waals surface area contributed by atoms with Crippen LogP contribution in [0.3, 0.4) is 0 Å². The van der Waals surface area contributed by atoms with Crippen molar-refractivity contribution in [1.82, 2.24) is 4.98 Å². The number of nitrogens with zero attached hydrogens (tertiary/aromatic N) is 3. The molecular formula is C12H14ClN3S. The molecule has 17 heavy (non-hydrogen) atoms. The second kappa shape index (κ2) is 4.75. The minimum atomic E-state index is 0.217. The average Bonchev–Trinajstić information content (AvgIpc) is 2.27. The summed E-state index contributed by atoms with van der Waals surface area (Å²) in [4.78, 5) is 6.50. The van der Waals surface area contributed by atoms with Crippen molar-refractivity contribution in [3.05, 3.63) is 22.8 Å². The van der Waals surface area contributed by atoms with Crippen LogP contribution in [0, 0.1) is 11.3 Å². The van der Waals surface area contributed by atoms with Gasteiger partial charge in [0, 0.05) is 23.6 Å². The summed E-state index contributed by atoms with van der Waals surface area (Å²) in [6.45, 7) is 6.32. The van der Waals surface area contributed by atoms with Crippen LogP contribution < -0.4 is 4.90 Å². The first-order chi connectivity index (χ1) is 8.00. The Hall–Kier alpha value is -0.920. The molecule has 0 atom stereocenters. The Labute approximate surface area is 111 Å². The summed E-state index contributed by atoms with van der Waals surface area (Å²) in [7, 11) is 0. The molecule has 1 aromatic heterocycles. The summed E-state index contributed by atoms with van der Waals surface area (Å²) in [6, 6.07) is 5.51. The van der Waals surface area contributed by atoms with E-state index in [0.717, 1.165) is 24.7 Å². The molecule has 1 aromatic rings. The number of hydrogen-bond acceptors (Lipinski definition) is 4. The van der Waals surface area contributed by atoms with Crippen LogP contribution in [-0.4, -0.2) is 28.6 Å². The number of anilines is 1. The van der Waals surface area contributed by atoms with Crippen LogP contribution in [0.1, 0.15) is 19.4 Å². The van der Waals surface area contributed by atoms with Gasteiger partial charge in [-0.15, -0.1) is 0 Å². The predicted molar refractivity (Wildman–Crippen MR) is 72.7 cm³/mol. The fourth-order valence-corrected chi connectivity index (χ4v) is 3.24. The molecule has 2 rings (SSSR count). The van der Waals surface area contributed by atoms with E-state index in [-0.39, 0.29) is 4.75 Å². The Morgan fingerprint density at radius 1 is 1.53 bits per heavy atom. The summed E-state index contributed by atoms with van der Waals surface area (Å²) in [5.74, 6) is 1.88. The quantitative estimate of drug-likeness (QED) is 0.734. The molecule has 0 aliphatic carbocycles. The van der Waals surface area contributed by atoms with E-state index in [1.807, 2.05) is 11.8 Å². The molecule has 90 valence electrons. The van der Waals surface area contributed by atoms with E-state index in [4.69, 9.17) is 16.9 Å². The lowest BCUT2D eigenvalue weighted by Crippen LogP contribution is -2.43. The molecular weight excluding hydrogens is 254 g/mol. The zero-order valence-corrected chi connectivity index (χ0v) is 11.5. The maximum atomic E-state index is 8.93. The fourth-order valence-electron chi connectivity index (χ4n) is 1.92. The van der Waals surface area contributed by atoms with Gasteiger partial charge < -0.3 is 4.90 Å². The SMILES string of the molecule is CC1(C)CN(c2cc(C#N)cc(Cl)n2)CCS1. The van der Waals surface area contributed by atoms with Gasteiger partial charge in [0.1, 0.15) is 11.0 Å². The lowest BCUT2D eigenvalue weighted by molar-refractivity contribution is 0.642. The van der Waals surface area contributed by atoms with Crippen molar-refractivity contribution in [1.29, 1.82) is 5.26 Å². The number of halogens is 1. The Morgan fingerprint density at radius 2 is 2.29 bits per heavy atom. The second-order valence-corrected chi connectivity index (χ2v) is 6.87. The van der Waals surface area contributed by atoms with Gasteiger partial charge in [-0.1, -0.05) is 11.6 Å². The molecule has 0 bridgehead atoms. The number of rotatable bonds is 1. The molecule has 0 spiro atoms. The van der Waals surface area contributed by atoms with Gasteiger partial charge in [-0.2, -0.15) is 17.0 Å². The third-order valence-corrected chi connectivity index (χ3v) is 4.15. The van der Waals surface area contributed by atoms with Gasteiger partial charge in [0.05, 0.1) is 11.6 Å². The van der Waals surface area contributed by atoms with E-state index in [1.165, 1.54) is 0 Å². The Bertz CT molecular complexity index is 467. The third kappa shape index (κ3) is 3.05.